The molecule has 0 spiro atoms. The van der Waals surface area contributed by atoms with E-state index in [1.54, 1.807) is 0 Å². The Labute approximate surface area is 156 Å². The summed E-state index contributed by atoms with van der Waals surface area (Å²) in [5.41, 5.74) is 2.41. The van der Waals surface area contributed by atoms with Gasteiger partial charge in [0.25, 0.3) is 0 Å². The van der Waals surface area contributed by atoms with E-state index in [1.807, 2.05) is 24.3 Å². The standard InChI is InChI=1S/C22H28ClNO/c1-17(22(25)20-7-9-21(23)10-8-20)16-24-13-11-19(12-14-24)15-18-5-3-2-4-6-18/h2-10,17,19,22,25H,11-16H2,1H3. The first-order valence-electron chi connectivity index (χ1n) is 9.31. The Morgan fingerprint density at radius 1 is 1.04 bits per heavy atom. The van der Waals surface area contributed by atoms with E-state index < -0.39 is 6.10 Å². The Balaban J connectivity index is 1.46. The van der Waals surface area contributed by atoms with Crippen molar-refractivity contribution in [3.63, 3.8) is 0 Å². The molecule has 1 N–H and O–H groups in total. The third kappa shape index (κ3) is 5.31. The summed E-state index contributed by atoms with van der Waals surface area (Å²) in [4.78, 5) is 2.51. The number of hydrogen-bond acceptors (Lipinski definition) is 2. The summed E-state index contributed by atoms with van der Waals surface area (Å²) in [7, 11) is 0. The molecule has 0 radical (unpaired) electrons. The van der Waals surface area contributed by atoms with E-state index >= 15 is 0 Å². The zero-order valence-corrected chi connectivity index (χ0v) is 15.7. The number of benzene rings is 2. The van der Waals surface area contributed by atoms with Gasteiger partial charge >= 0.3 is 0 Å². The van der Waals surface area contributed by atoms with Gasteiger partial charge in [-0.05, 0) is 67.4 Å². The van der Waals surface area contributed by atoms with Crippen LogP contribution in [0, 0.1) is 11.8 Å². The first-order valence-corrected chi connectivity index (χ1v) is 9.69. The highest BCUT2D eigenvalue weighted by Gasteiger charge is 2.24. The second-order valence-electron chi connectivity index (χ2n) is 7.41. The molecule has 1 aliphatic rings. The second kappa shape index (κ2) is 8.84. The van der Waals surface area contributed by atoms with Crippen LogP contribution in [0.4, 0.5) is 0 Å². The van der Waals surface area contributed by atoms with E-state index in [9.17, 15) is 5.11 Å². The molecule has 3 heteroatoms. The highest BCUT2D eigenvalue weighted by Crippen LogP contribution is 2.27. The van der Waals surface area contributed by atoms with Crippen LogP contribution in [0.2, 0.25) is 5.02 Å². The molecule has 0 aliphatic carbocycles. The third-order valence-corrected chi connectivity index (χ3v) is 5.62. The van der Waals surface area contributed by atoms with Gasteiger partial charge in [0.1, 0.15) is 0 Å². The molecule has 1 heterocycles. The lowest BCUT2D eigenvalue weighted by molar-refractivity contribution is 0.0752. The molecule has 25 heavy (non-hydrogen) atoms. The minimum Gasteiger partial charge on any atom is -0.388 e. The van der Waals surface area contributed by atoms with Crippen LogP contribution in [0.5, 0.6) is 0 Å². The topological polar surface area (TPSA) is 23.5 Å². The molecule has 0 bridgehead atoms. The molecule has 2 atom stereocenters. The minimum absolute atomic E-state index is 0.215. The van der Waals surface area contributed by atoms with Gasteiger partial charge in [-0.25, -0.2) is 0 Å². The summed E-state index contributed by atoms with van der Waals surface area (Å²) in [5.74, 6) is 1.00. The SMILES string of the molecule is CC(CN1CCC(Cc2ccccc2)CC1)C(O)c1ccc(Cl)cc1. The lowest BCUT2D eigenvalue weighted by Crippen LogP contribution is -2.38. The van der Waals surface area contributed by atoms with Gasteiger partial charge in [-0.3, -0.25) is 0 Å². The largest absolute Gasteiger partial charge is 0.388 e. The molecule has 1 fully saturated rings. The molecule has 134 valence electrons. The van der Waals surface area contributed by atoms with Crippen molar-refractivity contribution in [1.82, 2.24) is 4.90 Å². The first-order chi connectivity index (χ1) is 12.1. The van der Waals surface area contributed by atoms with Crippen molar-refractivity contribution in [3.8, 4) is 0 Å². The molecule has 2 unspecified atom stereocenters. The van der Waals surface area contributed by atoms with Crippen molar-refractivity contribution in [1.29, 1.82) is 0 Å². The number of rotatable bonds is 6. The van der Waals surface area contributed by atoms with Crippen molar-refractivity contribution in [3.05, 3.63) is 70.7 Å². The zero-order valence-electron chi connectivity index (χ0n) is 14.9. The first kappa shape index (κ1) is 18.4. The van der Waals surface area contributed by atoms with Gasteiger partial charge in [0.15, 0.2) is 0 Å². The maximum Gasteiger partial charge on any atom is 0.0827 e. The summed E-state index contributed by atoms with van der Waals surface area (Å²) < 4.78 is 0. The summed E-state index contributed by atoms with van der Waals surface area (Å²) >= 11 is 5.93. The van der Waals surface area contributed by atoms with Crippen LogP contribution in [0.25, 0.3) is 0 Å². The molecule has 1 aliphatic heterocycles. The van der Waals surface area contributed by atoms with Gasteiger partial charge in [-0.15, -0.1) is 0 Å². The van der Waals surface area contributed by atoms with Crippen LogP contribution in [-0.2, 0) is 6.42 Å². The van der Waals surface area contributed by atoms with Crippen molar-refractivity contribution in [2.24, 2.45) is 11.8 Å². The molecular formula is C22H28ClNO. The van der Waals surface area contributed by atoms with Gasteiger partial charge in [0.05, 0.1) is 6.10 Å². The van der Waals surface area contributed by atoms with Crippen LogP contribution < -0.4 is 0 Å². The van der Waals surface area contributed by atoms with Crippen LogP contribution in [-0.4, -0.2) is 29.6 Å². The average Bonchev–Trinajstić information content (AvgIpc) is 2.64. The Bertz CT molecular complexity index is 635. The summed E-state index contributed by atoms with van der Waals surface area (Å²) in [6.07, 6.45) is 3.26. The molecule has 1 saturated heterocycles. The van der Waals surface area contributed by atoms with Gasteiger partial charge in [-0.1, -0.05) is 61.0 Å². The zero-order chi connectivity index (χ0) is 17.6. The second-order valence-corrected chi connectivity index (χ2v) is 7.84. The quantitative estimate of drug-likeness (QED) is 0.789. The Kier molecular flexibility index (Phi) is 6.52. The van der Waals surface area contributed by atoms with E-state index in [4.69, 9.17) is 11.6 Å². The summed E-state index contributed by atoms with van der Waals surface area (Å²) in [6, 6.07) is 18.4. The maximum absolute atomic E-state index is 10.6. The number of aliphatic hydroxyl groups is 1. The summed E-state index contributed by atoms with van der Waals surface area (Å²) in [6.45, 7) is 5.35. The van der Waals surface area contributed by atoms with Gasteiger partial charge in [-0.2, -0.15) is 0 Å². The van der Waals surface area contributed by atoms with E-state index in [0.717, 1.165) is 31.1 Å². The Morgan fingerprint density at radius 2 is 1.68 bits per heavy atom. The predicted molar refractivity (Wildman–Crippen MR) is 105 cm³/mol. The average molecular weight is 358 g/mol. The van der Waals surface area contributed by atoms with Gasteiger partial charge in [0.2, 0.25) is 0 Å². The van der Waals surface area contributed by atoms with E-state index in [0.29, 0.717) is 5.02 Å². The molecule has 2 nitrogen and oxygen atoms in total. The number of nitrogens with zero attached hydrogens (tertiary/aromatic N) is 1. The maximum atomic E-state index is 10.6. The smallest absolute Gasteiger partial charge is 0.0827 e. The number of likely N-dealkylation sites (tertiary alicyclic amines) is 1. The Morgan fingerprint density at radius 3 is 2.32 bits per heavy atom. The van der Waals surface area contributed by atoms with Crippen LogP contribution >= 0.6 is 11.6 Å². The van der Waals surface area contributed by atoms with E-state index in [2.05, 4.69) is 42.2 Å². The fourth-order valence-corrected chi connectivity index (χ4v) is 3.94. The predicted octanol–water partition coefficient (Wildman–Crippen LogP) is 4.96. The van der Waals surface area contributed by atoms with Crippen LogP contribution in [0.1, 0.15) is 37.0 Å². The fraction of sp³-hybridized carbons (Fsp3) is 0.455. The van der Waals surface area contributed by atoms with Gasteiger partial charge in [0, 0.05) is 11.6 Å². The van der Waals surface area contributed by atoms with Crippen molar-refractivity contribution in [2.75, 3.05) is 19.6 Å². The molecular weight excluding hydrogens is 330 g/mol. The number of halogens is 1. The van der Waals surface area contributed by atoms with Crippen molar-refractivity contribution >= 4 is 11.6 Å². The lowest BCUT2D eigenvalue weighted by atomic mass is 9.89. The van der Waals surface area contributed by atoms with Gasteiger partial charge < -0.3 is 10.0 Å². The molecule has 3 rings (SSSR count). The summed E-state index contributed by atoms with van der Waals surface area (Å²) in [5, 5.41) is 11.3. The third-order valence-electron chi connectivity index (χ3n) is 5.37. The van der Waals surface area contributed by atoms with Crippen LogP contribution in [0.3, 0.4) is 0 Å². The van der Waals surface area contributed by atoms with Crippen LogP contribution in [0.15, 0.2) is 54.6 Å². The Hall–Kier alpha value is -1.35. The minimum atomic E-state index is -0.431. The molecule has 0 amide bonds. The fourth-order valence-electron chi connectivity index (χ4n) is 3.82. The normalized spacial score (nSPS) is 18.8. The number of hydrogen-bond donors (Lipinski definition) is 1. The monoisotopic (exact) mass is 357 g/mol. The lowest BCUT2D eigenvalue weighted by Gasteiger charge is -2.34. The van der Waals surface area contributed by atoms with Crippen molar-refractivity contribution in [2.45, 2.75) is 32.3 Å². The molecule has 2 aromatic rings. The number of piperidine rings is 1. The molecule has 2 aromatic carbocycles. The molecule has 0 saturated carbocycles. The van der Waals surface area contributed by atoms with E-state index in [-0.39, 0.29) is 5.92 Å². The highest BCUT2D eigenvalue weighted by molar-refractivity contribution is 6.30. The number of aliphatic hydroxyl groups excluding tert-OH is 1. The van der Waals surface area contributed by atoms with E-state index in [1.165, 1.54) is 24.8 Å². The molecule has 0 aromatic heterocycles. The highest BCUT2D eigenvalue weighted by atomic mass is 35.5. The van der Waals surface area contributed by atoms with Crippen molar-refractivity contribution < 1.29 is 5.11 Å².